The van der Waals surface area contributed by atoms with Crippen LogP contribution in [0.4, 0.5) is 0 Å². The van der Waals surface area contributed by atoms with Crippen molar-refractivity contribution < 1.29 is 4.74 Å². The van der Waals surface area contributed by atoms with Crippen LogP contribution in [0, 0.1) is 18.4 Å². The minimum atomic E-state index is 0.378. The zero-order valence-electron chi connectivity index (χ0n) is 10.9. The summed E-state index contributed by atoms with van der Waals surface area (Å²) in [5.74, 6) is 1.09. The second-order valence-electron chi connectivity index (χ2n) is 4.05. The second-order valence-corrected chi connectivity index (χ2v) is 4.05. The Morgan fingerprint density at radius 1 is 1.31 bits per heavy atom. The van der Waals surface area contributed by atoms with E-state index in [2.05, 4.69) is 27.7 Å². The maximum atomic E-state index is 8.48. The summed E-state index contributed by atoms with van der Waals surface area (Å²) in [4.78, 5) is 0. The first-order chi connectivity index (χ1) is 7.58. The molecule has 0 aliphatic rings. The average Bonchev–Trinajstić information content (AvgIpc) is 2.22. The molecule has 0 aliphatic carbocycles. The van der Waals surface area contributed by atoms with Gasteiger partial charge in [-0.1, -0.05) is 52.3 Å². The molecule has 2 heteroatoms. The molecule has 0 aliphatic heterocycles. The van der Waals surface area contributed by atoms with E-state index in [4.69, 9.17) is 10.00 Å². The molecule has 16 heavy (non-hydrogen) atoms. The standard InChI is InChI=1S/C11H13NO.C3H8/c1-8(2)10-6-4-5-9(3)11(10)13-7-12;1-3-2/h4-6,8H,1-3H3;3H2,1-2H3. The first kappa shape index (κ1) is 14.5. The molecule has 0 fully saturated rings. The van der Waals surface area contributed by atoms with E-state index >= 15 is 0 Å². The van der Waals surface area contributed by atoms with E-state index in [1.165, 1.54) is 6.42 Å². The molecule has 0 spiro atoms. The van der Waals surface area contributed by atoms with Crippen molar-refractivity contribution in [1.29, 1.82) is 5.26 Å². The zero-order chi connectivity index (χ0) is 12.6. The van der Waals surface area contributed by atoms with E-state index in [0.717, 1.165) is 11.1 Å². The van der Waals surface area contributed by atoms with Gasteiger partial charge in [0, 0.05) is 0 Å². The van der Waals surface area contributed by atoms with Crippen molar-refractivity contribution in [2.24, 2.45) is 0 Å². The lowest BCUT2D eigenvalue weighted by molar-refractivity contribution is 0.492. The molecule has 0 atom stereocenters. The number of hydrogen-bond donors (Lipinski definition) is 0. The molecule has 0 unspecified atom stereocenters. The van der Waals surface area contributed by atoms with Crippen LogP contribution in [0.1, 0.15) is 51.2 Å². The Hall–Kier alpha value is -1.49. The highest BCUT2D eigenvalue weighted by atomic mass is 16.5. The summed E-state index contributed by atoms with van der Waals surface area (Å²) in [6, 6.07) is 5.91. The molecule has 2 nitrogen and oxygen atoms in total. The molecule has 0 saturated carbocycles. The number of para-hydroxylation sites is 1. The maximum Gasteiger partial charge on any atom is 0.292 e. The van der Waals surface area contributed by atoms with Crippen molar-refractivity contribution in [2.75, 3.05) is 0 Å². The summed E-state index contributed by atoms with van der Waals surface area (Å²) < 4.78 is 4.93. The molecule has 0 bridgehead atoms. The van der Waals surface area contributed by atoms with Gasteiger partial charge in [-0.2, -0.15) is 0 Å². The SMILES string of the molecule is CCC.Cc1cccc(C(C)C)c1OC#N. The van der Waals surface area contributed by atoms with Crippen LogP contribution >= 0.6 is 0 Å². The molecule has 0 saturated heterocycles. The third-order valence-corrected chi connectivity index (χ3v) is 2.01. The first-order valence-corrected chi connectivity index (χ1v) is 5.73. The molecule has 1 aromatic carbocycles. The molecule has 0 aromatic heterocycles. The Labute approximate surface area is 98.9 Å². The largest absolute Gasteiger partial charge is 0.387 e. The third-order valence-electron chi connectivity index (χ3n) is 2.01. The van der Waals surface area contributed by atoms with Crippen LogP contribution in [0.2, 0.25) is 0 Å². The fourth-order valence-electron chi connectivity index (χ4n) is 1.31. The zero-order valence-corrected chi connectivity index (χ0v) is 10.9. The van der Waals surface area contributed by atoms with Crippen LogP contribution in [-0.4, -0.2) is 0 Å². The lowest BCUT2D eigenvalue weighted by atomic mass is 10.00. The number of aryl methyl sites for hydroxylation is 1. The van der Waals surface area contributed by atoms with Crippen molar-refractivity contribution in [2.45, 2.75) is 47.0 Å². The van der Waals surface area contributed by atoms with Gasteiger partial charge in [-0.3, -0.25) is 0 Å². The van der Waals surface area contributed by atoms with Crippen LogP contribution in [0.15, 0.2) is 18.2 Å². The van der Waals surface area contributed by atoms with Gasteiger partial charge in [-0.25, -0.2) is 0 Å². The van der Waals surface area contributed by atoms with Crippen LogP contribution in [0.5, 0.6) is 5.75 Å². The highest BCUT2D eigenvalue weighted by Gasteiger charge is 2.09. The smallest absolute Gasteiger partial charge is 0.292 e. The number of nitriles is 1. The maximum absolute atomic E-state index is 8.48. The van der Waals surface area contributed by atoms with E-state index in [1.54, 1.807) is 6.26 Å². The Balaban J connectivity index is 0.000000673. The predicted molar refractivity (Wildman–Crippen MR) is 67.5 cm³/mol. The Kier molecular flexibility index (Phi) is 7.03. The summed E-state index contributed by atoms with van der Waals surface area (Å²) in [6.07, 6.45) is 2.97. The predicted octanol–water partition coefficient (Wildman–Crippen LogP) is 4.39. The highest BCUT2D eigenvalue weighted by molar-refractivity contribution is 5.43. The Morgan fingerprint density at radius 2 is 1.88 bits per heavy atom. The molecule has 0 N–H and O–H groups in total. The van der Waals surface area contributed by atoms with E-state index in [-0.39, 0.29) is 0 Å². The third kappa shape index (κ3) is 4.35. The van der Waals surface area contributed by atoms with Gasteiger partial charge in [0.15, 0.2) is 0 Å². The van der Waals surface area contributed by atoms with Crippen LogP contribution < -0.4 is 4.74 Å². The van der Waals surface area contributed by atoms with Crippen molar-refractivity contribution in [3.8, 4) is 12.0 Å². The lowest BCUT2D eigenvalue weighted by Gasteiger charge is -2.11. The van der Waals surface area contributed by atoms with Crippen LogP contribution in [0.3, 0.4) is 0 Å². The number of nitrogens with zero attached hydrogens (tertiary/aromatic N) is 1. The van der Waals surface area contributed by atoms with Gasteiger partial charge in [0.05, 0.1) is 0 Å². The van der Waals surface area contributed by atoms with Crippen LogP contribution in [-0.2, 0) is 0 Å². The van der Waals surface area contributed by atoms with Crippen molar-refractivity contribution >= 4 is 0 Å². The first-order valence-electron chi connectivity index (χ1n) is 5.73. The molecule has 1 aromatic rings. The summed E-state index contributed by atoms with van der Waals surface area (Å²) in [7, 11) is 0. The summed E-state index contributed by atoms with van der Waals surface area (Å²) in [5, 5.41) is 8.48. The van der Waals surface area contributed by atoms with Gasteiger partial charge >= 0.3 is 0 Å². The van der Waals surface area contributed by atoms with E-state index < -0.39 is 0 Å². The normalized spacial score (nSPS) is 9.06. The van der Waals surface area contributed by atoms with Gasteiger partial charge < -0.3 is 4.74 Å². The van der Waals surface area contributed by atoms with Gasteiger partial charge in [-0.15, -0.1) is 5.26 Å². The Morgan fingerprint density at radius 3 is 2.31 bits per heavy atom. The van der Waals surface area contributed by atoms with E-state index in [9.17, 15) is 0 Å². The van der Waals surface area contributed by atoms with Crippen molar-refractivity contribution in [3.63, 3.8) is 0 Å². The quantitative estimate of drug-likeness (QED) is 0.691. The summed E-state index contributed by atoms with van der Waals surface area (Å²) in [6.45, 7) is 10.4. The minimum Gasteiger partial charge on any atom is -0.387 e. The average molecular weight is 219 g/mol. The number of hydrogen-bond acceptors (Lipinski definition) is 2. The molecule has 0 heterocycles. The molecular weight excluding hydrogens is 198 g/mol. The van der Waals surface area contributed by atoms with Crippen LogP contribution in [0.25, 0.3) is 0 Å². The van der Waals surface area contributed by atoms with E-state index in [1.807, 2.05) is 25.1 Å². The fourth-order valence-corrected chi connectivity index (χ4v) is 1.31. The monoisotopic (exact) mass is 219 g/mol. The fraction of sp³-hybridized carbons (Fsp3) is 0.500. The highest BCUT2D eigenvalue weighted by Crippen LogP contribution is 2.29. The molecule has 88 valence electrons. The molecule has 1 rings (SSSR count). The lowest BCUT2D eigenvalue weighted by Crippen LogP contribution is -1.95. The van der Waals surface area contributed by atoms with E-state index in [0.29, 0.717) is 11.7 Å². The number of benzene rings is 1. The van der Waals surface area contributed by atoms with Gasteiger partial charge in [-0.05, 0) is 24.0 Å². The second kappa shape index (κ2) is 7.76. The minimum absolute atomic E-state index is 0.378. The van der Waals surface area contributed by atoms with Crippen molar-refractivity contribution in [1.82, 2.24) is 0 Å². The van der Waals surface area contributed by atoms with Crippen molar-refractivity contribution in [3.05, 3.63) is 29.3 Å². The molecular formula is C14H21NO. The Bertz CT molecular complexity index is 350. The summed E-state index contributed by atoms with van der Waals surface area (Å²) >= 11 is 0. The number of rotatable bonds is 2. The number of ether oxygens (including phenoxy) is 1. The van der Waals surface area contributed by atoms with Gasteiger partial charge in [0.1, 0.15) is 5.75 Å². The van der Waals surface area contributed by atoms with Gasteiger partial charge in [0.25, 0.3) is 6.26 Å². The molecule has 0 amide bonds. The topological polar surface area (TPSA) is 33.0 Å². The van der Waals surface area contributed by atoms with Gasteiger partial charge in [0.2, 0.25) is 0 Å². The summed E-state index contributed by atoms with van der Waals surface area (Å²) in [5.41, 5.74) is 2.09. The molecule has 0 radical (unpaired) electrons.